The Morgan fingerprint density at radius 1 is 1.10 bits per heavy atom. The second-order valence-electron chi connectivity index (χ2n) is 10.7. The number of carboxylic acid groups (broad SMARTS) is 1. The molecule has 0 bridgehead atoms. The summed E-state index contributed by atoms with van der Waals surface area (Å²) in [6.07, 6.45) is 2.48. The van der Waals surface area contributed by atoms with E-state index in [4.69, 9.17) is 19.3 Å². The van der Waals surface area contributed by atoms with Gasteiger partial charge in [-0.25, -0.2) is 12.8 Å². The molecule has 0 spiro atoms. The number of aryl methyl sites for hydroxylation is 2. The molecule has 0 aromatic heterocycles. The third kappa shape index (κ3) is 5.94. The molecule has 2 atom stereocenters. The normalized spacial score (nSPS) is 17.7. The fraction of sp³-hybridized carbons (Fsp3) is 0.387. The van der Waals surface area contributed by atoms with Crippen LogP contribution in [-0.4, -0.2) is 44.7 Å². The molecule has 3 aromatic rings. The third-order valence-electron chi connectivity index (χ3n) is 7.55. The summed E-state index contributed by atoms with van der Waals surface area (Å²) in [7, 11) is -3.03. The molecule has 0 radical (unpaired) electrons. The Kier molecular flexibility index (Phi) is 7.77. The fourth-order valence-corrected chi connectivity index (χ4v) is 6.49. The molecule has 1 heterocycles. The van der Waals surface area contributed by atoms with Crippen molar-refractivity contribution < 1.29 is 36.9 Å². The van der Waals surface area contributed by atoms with Crippen molar-refractivity contribution in [2.75, 3.05) is 25.2 Å². The van der Waals surface area contributed by atoms with Gasteiger partial charge in [0, 0.05) is 29.4 Å². The highest BCUT2D eigenvalue weighted by Crippen LogP contribution is 2.45. The summed E-state index contributed by atoms with van der Waals surface area (Å²) >= 11 is 0. The number of carbonyl (C=O) groups is 1. The number of sulfone groups is 1. The molecule has 1 aliphatic carbocycles. The largest absolute Gasteiger partial charge is 0.494 e. The zero-order valence-electron chi connectivity index (χ0n) is 22.8. The highest BCUT2D eigenvalue weighted by molar-refractivity contribution is 7.90. The minimum atomic E-state index is -3.03. The molecule has 0 fully saturated rings. The van der Waals surface area contributed by atoms with Crippen LogP contribution in [0.2, 0.25) is 0 Å². The van der Waals surface area contributed by atoms with Crippen molar-refractivity contribution in [3.05, 3.63) is 76.1 Å². The van der Waals surface area contributed by atoms with Crippen molar-refractivity contribution >= 4 is 15.8 Å². The Labute approximate surface area is 233 Å². The SMILES string of the molecule is Cc1cc(OCCCS(C)(=O)=O)cc(C)c1-c1ccc(F)c2c1CC[C@H]2Oc1ccc2c(c1)OC[C@H]2CC(=O)O. The maximum Gasteiger partial charge on any atom is 0.304 e. The summed E-state index contributed by atoms with van der Waals surface area (Å²) in [6, 6.07) is 12.6. The van der Waals surface area contributed by atoms with E-state index in [-0.39, 0.29) is 23.9 Å². The maximum atomic E-state index is 15.2. The molecule has 5 rings (SSSR count). The first-order valence-electron chi connectivity index (χ1n) is 13.4. The van der Waals surface area contributed by atoms with Crippen LogP contribution in [0.4, 0.5) is 4.39 Å². The summed E-state index contributed by atoms with van der Waals surface area (Å²) in [5, 5.41) is 9.14. The first kappa shape index (κ1) is 28.0. The van der Waals surface area contributed by atoms with Gasteiger partial charge >= 0.3 is 5.97 Å². The highest BCUT2D eigenvalue weighted by Gasteiger charge is 2.32. The average molecular weight is 569 g/mol. The predicted octanol–water partition coefficient (Wildman–Crippen LogP) is 5.94. The van der Waals surface area contributed by atoms with E-state index >= 15 is 4.39 Å². The van der Waals surface area contributed by atoms with Crippen LogP contribution in [-0.2, 0) is 21.1 Å². The van der Waals surface area contributed by atoms with Gasteiger partial charge in [-0.2, -0.15) is 0 Å². The molecule has 1 aliphatic heterocycles. The Hall–Kier alpha value is -3.59. The number of ether oxygens (including phenoxy) is 3. The van der Waals surface area contributed by atoms with Gasteiger partial charge in [0.2, 0.25) is 0 Å². The molecule has 0 unspecified atom stereocenters. The van der Waals surface area contributed by atoms with E-state index in [1.165, 1.54) is 12.3 Å². The molecule has 9 heteroatoms. The predicted molar refractivity (Wildman–Crippen MR) is 150 cm³/mol. The Morgan fingerprint density at radius 3 is 2.55 bits per heavy atom. The van der Waals surface area contributed by atoms with Crippen LogP contribution in [0.15, 0.2) is 42.5 Å². The van der Waals surface area contributed by atoms with E-state index in [2.05, 4.69) is 0 Å². The van der Waals surface area contributed by atoms with Gasteiger partial charge in [0.25, 0.3) is 0 Å². The summed E-state index contributed by atoms with van der Waals surface area (Å²) in [5.41, 5.74) is 6.31. The number of benzene rings is 3. The lowest BCUT2D eigenvalue weighted by Crippen LogP contribution is -2.08. The van der Waals surface area contributed by atoms with Gasteiger partial charge in [0.15, 0.2) is 0 Å². The molecule has 0 saturated heterocycles. The zero-order valence-corrected chi connectivity index (χ0v) is 23.6. The minimum absolute atomic E-state index is 0.00626. The molecule has 212 valence electrons. The van der Waals surface area contributed by atoms with Crippen LogP contribution in [0.3, 0.4) is 0 Å². The van der Waals surface area contributed by atoms with E-state index in [0.717, 1.165) is 33.4 Å². The number of hydrogen-bond donors (Lipinski definition) is 1. The first-order valence-corrected chi connectivity index (χ1v) is 15.4. The van der Waals surface area contributed by atoms with Gasteiger partial charge in [-0.1, -0.05) is 12.1 Å². The lowest BCUT2D eigenvalue weighted by Gasteiger charge is -2.19. The Morgan fingerprint density at radius 2 is 1.85 bits per heavy atom. The van der Waals surface area contributed by atoms with Crippen molar-refractivity contribution in [1.82, 2.24) is 0 Å². The van der Waals surface area contributed by atoms with E-state index < -0.39 is 21.9 Å². The minimum Gasteiger partial charge on any atom is -0.494 e. The van der Waals surface area contributed by atoms with E-state index in [0.29, 0.717) is 55.3 Å². The van der Waals surface area contributed by atoms with Crippen LogP contribution in [0.1, 0.15) is 59.1 Å². The number of halogens is 1. The van der Waals surface area contributed by atoms with Gasteiger partial charge in [0.05, 0.1) is 25.4 Å². The number of hydrogen-bond acceptors (Lipinski definition) is 6. The molecule has 3 aromatic carbocycles. The zero-order chi connectivity index (χ0) is 28.6. The van der Waals surface area contributed by atoms with E-state index in [1.54, 1.807) is 12.1 Å². The summed E-state index contributed by atoms with van der Waals surface area (Å²) in [5.74, 6) is 0.566. The molecule has 2 aliphatic rings. The Bertz CT molecular complexity index is 1540. The smallest absolute Gasteiger partial charge is 0.304 e. The lowest BCUT2D eigenvalue weighted by atomic mass is 9.90. The van der Waals surface area contributed by atoms with Crippen molar-refractivity contribution in [1.29, 1.82) is 0 Å². The number of aliphatic carboxylic acids is 1. The second-order valence-corrected chi connectivity index (χ2v) is 13.0. The van der Waals surface area contributed by atoms with E-state index in [9.17, 15) is 13.2 Å². The van der Waals surface area contributed by atoms with Crippen LogP contribution in [0, 0.1) is 19.7 Å². The maximum absolute atomic E-state index is 15.2. The fourth-order valence-electron chi connectivity index (χ4n) is 5.84. The van der Waals surface area contributed by atoms with Gasteiger partial charge in [-0.3, -0.25) is 4.79 Å². The molecule has 1 N–H and O–H groups in total. The van der Waals surface area contributed by atoms with Crippen LogP contribution < -0.4 is 14.2 Å². The van der Waals surface area contributed by atoms with Crippen LogP contribution in [0.25, 0.3) is 11.1 Å². The second kappa shape index (κ2) is 11.1. The van der Waals surface area contributed by atoms with Crippen molar-refractivity contribution in [2.45, 2.75) is 51.6 Å². The van der Waals surface area contributed by atoms with Gasteiger partial charge in [-0.15, -0.1) is 0 Å². The first-order chi connectivity index (χ1) is 19.0. The number of fused-ring (bicyclic) bond motifs is 2. The van der Waals surface area contributed by atoms with Crippen LogP contribution in [0.5, 0.6) is 17.2 Å². The summed E-state index contributed by atoms with van der Waals surface area (Å²) in [4.78, 5) is 11.1. The van der Waals surface area contributed by atoms with Crippen LogP contribution >= 0.6 is 0 Å². The standard InChI is InChI=1S/C31H33FO7S/c1-18-13-22(37-11-4-12-40(3,35)36)14-19(2)30(18)24-7-9-26(32)31-25(24)8-10-27(31)39-21-5-6-23-20(15-29(33)34)17-38-28(23)16-21/h5-7,9,13-14,16,20,27H,4,8,10-12,15,17H2,1-3H3,(H,33,34)/t20-,27-/m1/s1. The molecule has 40 heavy (non-hydrogen) atoms. The quantitative estimate of drug-likeness (QED) is 0.302. The topological polar surface area (TPSA) is 99.1 Å². The number of rotatable bonds is 10. The van der Waals surface area contributed by atoms with E-state index in [1.807, 2.05) is 38.1 Å². The van der Waals surface area contributed by atoms with Crippen molar-refractivity contribution in [3.8, 4) is 28.4 Å². The van der Waals surface area contributed by atoms with Crippen molar-refractivity contribution in [3.63, 3.8) is 0 Å². The summed E-state index contributed by atoms with van der Waals surface area (Å²) in [6.45, 7) is 4.61. The van der Waals surface area contributed by atoms with Gasteiger partial charge < -0.3 is 19.3 Å². The molecule has 0 amide bonds. The summed E-state index contributed by atoms with van der Waals surface area (Å²) < 4.78 is 55.8. The lowest BCUT2D eigenvalue weighted by molar-refractivity contribution is -0.137. The monoisotopic (exact) mass is 568 g/mol. The van der Waals surface area contributed by atoms with Gasteiger partial charge in [0.1, 0.15) is 39.0 Å². The third-order valence-corrected chi connectivity index (χ3v) is 8.58. The van der Waals surface area contributed by atoms with Gasteiger partial charge in [-0.05, 0) is 85.2 Å². The molecular weight excluding hydrogens is 535 g/mol. The molecular formula is C31H33FO7S. The van der Waals surface area contributed by atoms with Crippen molar-refractivity contribution in [2.24, 2.45) is 0 Å². The molecule has 0 saturated carbocycles. The highest BCUT2D eigenvalue weighted by atomic mass is 32.2. The average Bonchev–Trinajstić information content (AvgIpc) is 3.47. The molecule has 7 nitrogen and oxygen atoms in total. The number of carboxylic acids is 1. The Balaban J connectivity index is 1.36.